The highest BCUT2D eigenvalue weighted by Gasteiger charge is 2.27. The molecule has 2 aromatic rings. The smallest absolute Gasteiger partial charge is 0.317 e. The van der Waals surface area contributed by atoms with Gasteiger partial charge in [0.15, 0.2) is 0 Å². The van der Waals surface area contributed by atoms with Crippen LogP contribution in [0.5, 0.6) is 0 Å². The molecule has 0 spiro atoms. The van der Waals surface area contributed by atoms with Crippen molar-refractivity contribution in [1.29, 1.82) is 0 Å². The highest BCUT2D eigenvalue weighted by Crippen LogP contribution is 2.29. The van der Waals surface area contributed by atoms with Gasteiger partial charge >= 0.3 is 6.03 Å². The second-order valence-electron chi connectivity index (χ2n) is 5.89. The molecule has 2 saturated heterocycles. The first-order valence-electron chi connectivity index (χ1n) is 7.88. The summed E-state index contributed by atoms with van der Waals surface area (Å²) < 4.78 is 2.04. The first kappa shape index (κ1) is 19.4. The lowest BCUT2D eigenvalue weighted by Gasteiger charge is -2.26. The molecule has 2 aliphatic rings. The molecule has 2 aliphatic heterocycles. The van der Waals surface area contributed by atoms with E-state index in [0.717, 1.165) is 36.8 Å². The fraction of sp³-hybridized carbons (Fsp3) is 0.467. The third-order valence-electron chi connectivity index (χ3n) is 4.47. The average Bonchev–Trinajstić information content (AvgIpc) is 3.00. The number of carbonyl (C=O) groups excluding carboxylic acids is 2. The Bertz CT molecular complexity index is 774. The van der Waals surface area contributed by atoms with Crippen LogP contribution in [0.3, 0.4) is 0 Å². The summed E-state index contributed by atoms with van der Waals surface area (Å²) in [5, 5.41) is 11.1. The molecule has 2 aromatic heterocycles. The summed E-state index contributed by atoms with van der Waals surface area (Å²) >= 11 is 0. The number of hydrogen-bond acceptors (Lipinski definition) is 5. The number of carbonyl (C=O) groups is 2. The SMILES string of the molecule is Cl.Cl.O=C1CCN(c2nccc3c2cnn3C2CCNCC2)C(=O)N1. The van der Waals surface area contributed by atoms with Crippen molar-refractivity contribution >= 4 is 53.5 Å². The predicted octanol–water partition coefficient (Wildman–Crippen LogP) is 1.65. The zero-order valence-corrected chi connectivity index (χ0v) is 15.1. The van der Waals surface area contributed by atoms with E-state index >= 15 is 0 Å². The molecule has 0 radical (unpaired) electrons. The maximum Gasteiger partial charge on any atom is 0.329 e. The van der Waals surface area contributed by atoms with Gasteiger partial charge in [-0.15, -0.1) is 24.8 Å². The number of anilines is 1. The molecule has 136 valence electrons. The molecule has 0 saturated carbocycles. The van der Waals surface area contributed by atoms with Gasteiger partial charge in [0.1, 0.15) is 5.82 Å². The minimum atomic E-state index is -0.420. The van der Waals surface area contributed by atoms with Gasteiger partial charge in [0.2, 0.25) is 5.91 Å². The molecule has 0 atom stereocenters. The van der Waals surface area contributed by atoms with Crippen LogP contribution in [-0.4, -0.2) is 46.3 Å². The van der Waals surface area contributed by atoms with Gasteiger partial charge in [-0.05, 0) is 32.0 Å². The van der Waals surface area contributed by atoms with Crippen LogP contribution in [0.15, 0.2) is 18.5 Å². The maximum atomic E-state index is 12.1. The molecule has 25 heavy (non-hydrogen) atoms. The zero-order chi connectivity index (χ0) is 15.8. The Labute approximate surface area is 157 Å². The first-order chi connectivity index (χ1) is 11.2. The van der Waals surface area contributed by atoms with Crippen LogP contribution in [-0.2, 0) is 4.79 Å². The molecule has 10 heteroatoms. The normalized spacial score (nSPS) is 18.5. The number of amides is 3. The number of imide groups is 1. The van der Waals surface area contributed by atoms with E-state index in [9.17, 15) is 9.59 Å². The lowest BCUT2D eigenvalue weighted by molar-refractivity contribution is -0.120. The van der Waals surface area contributed by atoms with E-state index in [-0.39, 0.29) is 37.1 Å². The third kappa shape index (κ3) is 3.56. The van der Waals surface area contributed by atoms with Crippen molar-refractivity contribution in [2.24, 2.45) is 0 Å². The first-order valence-corrected chi connectivity index (χ1v) is 7.88. The molecule has 0 aromatic carbocycles. The Morgan fingerprint density at radius 3 is 2.64 bits per heavy atom. The summed E-state index contributed by atoms with van der Waals surface area (Å²) in [6.07, 6.45) is 5.82. The largest absolute Gasteiger partial charge is 0.329 e. The van der Waals surface area contributed by atoms with E-state index in [4.69, 9.17) is 0 Å². The number of nitrogens with one attached hydrogen (secondary N) is 2. The third-order valence-corrected chi connectivity index (χ3v) is 4.47. The van der Waals surface area contributed by atoms with Crippen molar-refractivity contribution in [1.82, 2.24) is 25.4 Å². The minimum Gasteiger partial charge on any atom is -0.317 e. The van der Waals surface area contributed by atoms with Crippen LogP contribution in [0.4, 0.5) is 10.6 Å². The van der Waals surface area contributed by atoms with E-state index in [1.54, 1.807) is 12.4 Å². The quantitative estimate of drug-likeness (QED) is 0.818. The Kier molecular flexibility index (Phi) is 6.21. The number of urea groups is 1. The number of hydrogen-bond donors (Lipinski definition) is 2. The number of fused-ring (bicyclic) bond motifs is 1. The van der Waals surface area contributed by atoms with Crippen molar-refractivity contribution in [3.8, 4) is 0 Å². The van der Waals surface area contributed by atoms with Gasteiger partial charge in [0.25, 0.3) is 0 Å². The van der Waals surface area contributed by atoms with Crippen LogP contribution < -0.4 is 15.5 Å². The van der Waals surface area contributed by atoms with E-state index in [1.807, 2.05) is 10.7 Å². The fourth-order valence-electron chi connectivity index (χ4n) is 3.28. The van der Waals surface area contributed by atoms with Crippen LogP contribution in [0.1, 0.15) is 25.3 Å². The Hall–Kier alpha value is -1.90. The van der Waals surface area contributed by atoms with Crippen LogP contribution in [0.2, 0.25) is 0 Å². The molecule has 8 nitrogen and oxygen atoms in total. The number of nitrogens with zero attached hydrogens (tertiary/aromatic N) is 4. The highest BCUT2D eigenvalue weighted by molar-refractivity contribution is 6.08. The zero-order valence-electron chi connectivity index (χ0n) is 13.5. The number of piperidine rings is 1. The number of rotatable bonds is 2. The molecular weight excluding hydrogens is 367 g/mol. The minimum absolute atomic E-state index is 0. The monoisotopic (exact) mass is 386 g/mol. The molecule has 3 amide bonds. The highest BCUT2D eigenvalue weighted by atomic mass is 35.5. The summed E-state index contributed by atoms with van der Waals surface area (Å²) in [6, 6.07) is 1.87. The topological polar surface area (TPSA) is 92.2 Å². The number of halogens is 2. The molecule has 2 N–H and O–H groups in total. The van der Waals surface area contributed by atoms with Gasteiger partial charge in [-0.25, -0.2) is 9.78 Å². The van der Waals surface area contributed by atoms with Crippen molar-refractivity contribution in [2.75, 3.05) is 24.5 Å². The lowest BCUT2D eigenvalue weighted by Crippen LogP contribution is -2.49. The van der Waals surface area contributed by atoms with Crippen LogP contribution >= 0.6 is 24.8 Å². The Balaban J connectivity index is 0.00000113. The standard InChI is InChI=1S/C15H18N6O2.2ClH/c22-13-4-8-20(15(23)19-13)14-11-9-18-21(12(11)3-7-17-14)10-1-5-16-6-2-10;;/h3,7,9-10,16H,1-2,4-6,8H2,(H,19,22,23);2*1H. The molecule has 4 heterocycles. The van der Waals surface area contributed by atoms with E-state index < -0.39 is 6.03 Å². The van der Waals surface area contributed by atoms with E-state index in [1.165, 1.54) is 4.90 Å². The van der Waals surface area contributed by atoms with Gasteiger partial charge in [-0.1, -0.05) is 0 Å². The van der Waals surface area contributed by atoms with E-state index in [0.29, 0.717) is 18.4 Å². The summed E-state index contributed by atoms with van der Waals surface area (Å²) in [4.78, 5) is 29.3. The van der Waals surface area contributed by atoms with Crippen molar-refractivity contribution in [3.63, 3.8) is 0 Å². The van der Waals surface area contributed by atoms with Crippen LogP contribution in [0.25, 0.3) is 10.9 Å². The summed E-state index contributed by atoms with van der Waals surface area (Å²) in [5.41, 5.74) is 0.978. The Morgan fingerprint density at radius 1 is 1.16 bits per heavy atom. The van der Waals surface area contributed by atoms with Gasteiger partial charge in [-0.3, -0.25) is 19.7 Å². The van der Waals surface area contributed by atoms with Gasteiger partial charge in [0, 0.05) is 19.2 Å². The number of pyridine rings is 1. The second-order valence-corrected chi connectivity index (χ2v) is 5.89. The van der Waals surface area contributed by atoms with Crippen LogP contribution in [0, 0.1) is 0 Å². The molecule has 0 unspecified atom stereocenters. The molecule has 2 fully saturated rings. The fourth-order valence-corrected chi connectivity index (χ4v) is 3.28. The summed E-state index contributed by atoms with van der Waals surface area (Å²) in [5.74, 6) is 0.316. The van der Waals surface area contributed by atoms with Crippen molar-refractivity contribution in [3.05, 3.63) is 18.5 Å². The van der Waals surface area contributed by atoms with E-state index in [2.05, 4.69) is 20.7 Å². The Morgan fingerprint density at radius 2 is 1.92 bits per heavy atom. The molecular formula is C15H20Cl2N6O2. The summed E-state index contributed by atoms with van der Waals surface area (Å²) in [7, 11) is 0. The molecule has 4 rings (SSSR count). The van der Waals surface area contributed by atoms with Crippen molar-refractivity contribution in [2.45, 2.75) is 25.3 Å². The average molecular weight is 387 g/mol. The predicted molar refractivity (Wildman–Crippen MR) is 98.7 cm³/mol. The van der Waals surface area contributed by atoms with Gasteiger partial charge in [-0.2, -0.15) is 5.10 Å². The molecule has 0 aliphatic carbocycles. The van der Waals surface area contributed by atoms with Gasteiger partial charge < -0.3 is 5.32 Å². The van der Waals surface area contributed by atoms with Crippen molar-refractivity contribution < 1.29 is 9.59 Å². The van der Waals surface area contributed by atoms with Gasteiger partial charge in [0.05, 0.1) is 23.1 Å². The maximum absolute atomic E-state index is 12.1. The molecule has 0 bridgehead atoms. The summed E-state index contributed by atoms with van der Waals surface area (Å²) in [6.45, 7) is 2.32. The second kappa shape index (κ2) is 7.99. The lowest BCUT2D eigenvalue weighted by atomic mass is 10.1. The number of aromatic nitrogens is 3.